The number of nitrogens with zero attached hydrogens (tertiary/aromatic N) is 2. The van der Waals surface area contributed by atoms with E-state index in [0.29, 0.717) is 25.4 Å². The van der Waals surface area contributed by atoms with Crippen LogP contribution in [0.3, 0.4) is 0 Å². The average molecular weight is 319 g/mol. The minimum absolute atomic E-state index is 0.173. The molecule has 0 unspecified atom stereocenters. The number of nitrogens with one attached hydrogen (secondary N) is 1. The van der Waals surface area contributed by atoms with E-state index in [1.54, 1.807) is 0 Å². The number of hydrogen-bond acceptors (Lipinski definition) is 4. The molecule has 124 valence electrons. The van der Waals surface area contributed by atoms with Gasteiger partial charge in [-0.3, -0.25) is 4.79 Å². The van der Waals surface area contributed by atoms with Crippen LogP contribution in [0.25, 0.3) is 0 Å². The Bertz CT molecular complexity index is 440. The summed E-state index contributed by atoms with van der Waals surface area (Å²) in [7, 11) is 0.643. The summed E-state index contributed by atoms with van der Waals surface area (Å²) in [6, 6.07) is -0.312. The molecule has 0 spiro atoms. The monoisotopic (exact) mass is 319 g/mol. The highest BCUT2D eigenvalue weighted by Crippen LogP contribution is 2.20. The molecule has 0 aromatic heterocycles. The lowest BCUT2D eigenvalue weighted by molar-refractivity contribution is -0.126. The Morgan fingerprint density at radius 2 is 1.95 bits per heavy atom. The van der Waals surface area contributed by atoms with Crippen LogP contribution >= 0.6 is 0 Å². The highest BCUT2D eigenvalue weighted by Gasteiger charge is 2.34. The zero-order valence-electron chi connectivity index (χ0n) is 13.8. The minimum atomic E-state index is -3.33. The molecule has 0 aromatic rings. The van der Waals surface area contributed by atoms with Crippen LogP contribution in [0.15, 0.2) is 0 Å². The predicted molar refractivity (Wildman–Crippen MR) is 84.5 cm³/mol. The second kappa shape index (κ2) is 7.56. The van der Waals surface area contributed by atoms with Crippen molar-refractivity contribution in [2.75, 3.05) is 33.4 Å². The normalized spacial score (nSPS) is 22.5. The van der Waals surface area contributed by atoms with Crippen molar-refractivity contribution in [3.05, 3.63) is 0 Å². The van der Waals surface area contributed by atoms with Crippen molar-refractivity contribution in [1.29, 1.82) is 0 Å². The van der Waals surface area contributed by atoms with Gasteiger partial charge in [-0.25, -0.2) is 8.42 Å². The van der Waals surface area contributed by atoms with Crippen molar-refractivity contribution >= 4 is 15.9 Å². The summed E-state index contributed by atoms with van der Waals surface area (Å²) in [6.45, 7) is 5.20. The first-order chi connectivity index (χ1) is 9.64. The van der Waals surface area contributed by atoms with Crippen molar-refractivity contribution in [3.8, 4) is 0 Å². The molecule has 0 radical (unpaired) electrons. The van der Waals surface area contributed by atoms with Gasteiger partial charge >= 0.3 is 0 Å². The Kier molecular flexibility index (Phi) is 6.62. The van der Waals surface area contributed by atoms with Crippen molar-refractivity contribution < 1.29 is 13.2 Å². The van der Waals surface area contributed by atoms with Crippen LogP contribution in [0.5, 0.6) is 0 Å². The molecule has 1 amide bonds. The first kappa shape index (κ1) is 18.4. The van der Waals surface area contributed by atoms with Gasteiger partial charge in [0, 0.05) is 19.1 Å². The molecule has 1 heterocycles. The standard InChI is InChI=1S/C14H29N3O3S/c1-11(2)13(16(3)4)10-15-14(18)12-8-6-7-9-17(12)21(5,19)20/h11-13H,6-10H2,1-5H3,(H,15,18)/t12-,13+/m1/s1. The fraction of sp³-hybridized carbons (Fsp3) is 0.929. The first-order valence-corrected chi connectivity index (χ1v) is 9.40. The van der Waals surface area contributed by atoms with Crippen molar-refractivity contribution in [2.45, 2.75) is 45.2 Å². The third-order valence-electron chi connectivity index (χ3n) is 4.10. The van der Waals surface area contributed by atoms with Crippen LogP contribution in [0.4, 0.5) is 0 Å². The highest BCUT2D eigenvalue weighted by atomic mass is 32.2. The van der Waals surface area contributed by atoms with Crippen LogP contribution in [-0.2, 0) is 14.8 Å². The van der Waals surface area contributed by atoms with Gasteiger partial charge in [-0.15, -0.1) is 0 Å². The molecule has 0 aliphatic carbocycles. The molecule has 7 heteroatoms. The lowest BCUT2D eigenvalue weighted by Crippen LogP contribution is -2.53. The zero-order chi connectivity index (χ0) is 16.2. The van der Waals surface area contributed by atoms with Crippen molar-refractivity contribution in [1.82, 2.24) is 14.5 Å². The topological polar surface area (TPSA) is 69.7 Å². The summed E-state index contributed by atoms with van der Waals surface area (Å²) >= 11 is 0. The second-order valence-corrected chi connectivity index (χ2v) is 8.34. The Balaban J connectivity index is 2.69. The Hall–Kier alpha value is -0.660. The largest absolute Gasteiger partial charge is 0.353 e. The van der Waals surface area contributed by atoms with E-state index < -0.39 is 16.1 Å². The number of sulfonamides is 1. The summed E-state index contributed by atoms with van der Waals surface area (Å²) < 4.78 is 24.9. The maximum atomic E-state index is 12.4. The van der Waals surface area contributed by atoms with Gasteiger partial charge in [-0.05, 0) is 32.9 Å². The first-order valence-electron chi connectivity index (χ1n) is 7.55. The van der Waals surface area contributed by atoms with E-state index in [1.165, 1.54) is 10.6 Å². The highest BCUT2D eigenvalue weighted by molar-refractivity contribution is 7.88. The molecule has 21 heavy (non-hydrogen) atoms. The molecule has 1 fully saturated rings. The summed E-state index contributed by atoms with van der Waals surface area (Å²) in [5.41, 5.74) is 0. The summed E-state index contributed by atoms with van der Waals surface area (Å²) in [4.78, 5) is 14.5. The SMILES string of the molecule is CC(C)[C@H](CNC(=O)[C@H]1CCCCN1S(C)(=O)=O)N(C)C. The summed E-state index contributed by atoms with van der Waals surface area (Å²) in [5, 5.41) is 2.93. The lowest BCUT2D eigenvalue weighted by atomic mass is 10.0. The van der Waals surface area contributed by atoms with Gasteiger partial charge in [0.1, 0.15) is 6.04 Å². The van der Waals surface area contributed by atoms with Crippen LogP contribution in [0.2, 0.25) is 0 Å². The van der Waals surface area contributed by atoms with Crippen LogP contribution < -0.4 is 5.32 Å². The number of likely N-dealkylation sites (N-methyl/N-ethyl adjacent to an activating group) is 1. The molecular formula is C14H29N3O3S. The number of amides is 1. The van der Waals surface area contributed by atoms with Gasteiger partial charge in [-0.1, -0.05) is 20.3 Å². The van der Waals surface area contributed by atoms with Gasteiger partial charge in [0.25, 0.3) is 0 Å². The molecule has 6 nitrogen and oxygen atoms in total. The van der Waals surface area contributed by atoms with E-state index in [4.69, 9.17) is 0 Å². The minimum Gasteiger partial charge on any atom is -0.353 e. The predicted octanol–water partition coefficient (Wildman–Crippen LogP) is 0.503. The third kappa shape index (κ3) is 5.23. The summed E-state index contributed by atoms with van der Waals surface area (Å²) in [6.07, 6.45) is 3.50. The summed E-state index contributed by atoms with van der Waals surface area (Å²) in [5.74, 6) is 0.241. The number of carbonyl (C=O) groups excluding carboxylic acids is 1. The number of rotatable bonds is 6. The maximum Gasteiger partial charge on any atom is 0.238 e. The molecule has 1 N–H and O–H groups in total. The fourth-order valence-electron chi connectivity index (χ4n) is 2.90. The Morgan fingerprint density at radius 3 is 2.43 bits per heavy atom. The van der Waals surface area contributed by atoms with E-state index in [1.807, 2.05) is 14.1 Å². The van der Waals surface area contributed by atoms with Gasteiger partial charge in [0.05, 0.1) is 6.26 Å². The maximum absolute atomic E-state index is 12.4. The van der Waals surface area contributed by atoms with E-state index in [2.05, 4.69) is 24.1 Å². The smallest absolute Gasteiger partial charge is 0.238 e. The zero-order valence-corrected chi connectivity index (χ0v) is 14.6. The van der Waals surface area contributed by atoms with Gasteiger partial charge in [0.15, 0.2) is 0 Å². The third-order valence-corrected chi connectivity index (χ3v) is 5.39. The van der Waals surface area contributed by atoms with Gasteiger partial charge in [0.2, 0.25) is 15.9 Å². The Morgan fingerprint density at radius 1 is 1.33 bits per heavy atom. The molecule has 2 atom stereocenters. The van der Waals surface area contributed by atoms with E-state index in [0.717, 1.165) is 12.8 Å². The molecule has 0 aromatic carbocycles. The van der Waals surface area contributed by atoms with E-state index in [-0.39, 0.29) is 11.9 Å². The van der Waals surface area contributed by atoms with Crippen LogP contribution in [0.1, 0.15) is 33.1 Å². The molecular weight excluding hydrogens is 290 g/mol. The van der Waals surface area contributed by atoms with Gasteiger partial charge in [-0.2, -0.15) is 4.31 Å². The van der Waals surface area contributed by atoms with Crippen molar-refractivity contribution in [3.63, 3.8) is 0 Å². The molecule has 1 saturated heterocycles. The van der Waals surface area contributed by atoms with E-state index >= 15 is 0 Å². The quantitative estimate of drug-likeness (QED) is 0.774. The molecule has 1 aliphatic heterocycles. The molecule has 1 rings (SSSR count). The Labute approximate surface area is 128 Å². The van der Waals surface area contributed by atoms with Gasteiger partial charge < -0.3 is 10.2 Å². The lowest BCUT2D eigenvalue weighted by Gasteiger charge is -2.34. The van der Waals surface area contributed by atoms with E-state index in [9.17, 15) is 13.2 Å². The number of hydrogen-bond donors (Lipinski definition) is 1. The number of piperidine rings is 1. The average Bonchev–Trinajstić information content (AvgIpc) is 2.36. The molecule has 0 saturated carbocycles. The van der Waals surface area contributed by atoms with Crippen LogP contribution in [-0.4, -0.2) is 69.1 Å². The molecule has 0 bridgehead atoms. The van der Waals surface area contributed by atoms with Crippen LogP contribution in [0, 0.1) is 5.92 Å². The molecule has 1 aliphatic rings. The van der Waals surface area contributed by atoms with Crippen molar-refractivity contribution in [2.24, 2.45) is 5.92 Å². The second-order valence-electron chi connectivity index (χ2n) is 6.41. The fourth-order valence-corrected chi connectivity index (χ4v) is 4.03. The number of carbonyl (C=O) groups is 1.